The maximum atomic E-state index is 12.6. The standard InChI is InChI=1S/C18H15F3N2O2/c1-11-3-4-12(8-17(11)25-2)7-16(24)14(9-22)15-6-5-13(10-23-15)18(19,20)21/h3-6,8,10,14H,7H2,1-2H3. The van der Waals surface area contributed by atoms with Crippen molar-refractivity contribution in [1.82, 2.24) is 4.98 Å². The first-order valence-corrected chi connectivity index (χ1v) is 7.35. The van der Waals surface area contributed by atoms with Crippen LogP contribution in [0.25, 0.3) is 0 Å². The number of alkyl halides is 3. The Morgan fingerprint density at radius 1 is 1.32 bits per heavy atom. The number of methoxy groups -OCH3 is 1. The van der Waals surface area contributed by atoms with E-state index >= 15 is 0 Å². The lowest BCUT2D eigenvalue weighted by Gasteiger charge is -2.11. The lowest BCUT2D eigenvalue weighted by atomic mass is 9.95. The Hall–Kier alpha value is -2.88. The number of halogens is 3. The van der Waals surface area contributed by atoms with E-state index in [1.807, 2.05) is 13.0 Å². The molecule has 7 heteroatoms. The molecule has 0 saturated carbocycles. The van der Waals surface area contributed by atoms with Crippen LogP contribution in [0.2, 0.25) is 0 Å². The summed E-state index contributed by atoms with van der Waals surface area (Å²) in [6.45, 7) is 1.86. The van der Waals surface area contributed by atoms with Crippen molar-refractivity contribution in [2.24, 2.45) is 0 Å². The summed E-state index contributed by atoms with van der Waals surface area (Å²) < 4.78 is 42.9. The molecule has 0 spiro atoms. The third-order valence-electron chi connectivity index (χ3n) is 3.71. The van der Waals surface area contributed by atoms with Crippen molar-refractivity contribution in [1.29, 1.82) is 5.26 Å². The second kappa shape index (κ2) is 7.34. The third-order valence-corrected chi connectivity index (χ3v) is 3.71. The van der Waals surface area contributed by atoms with Gasteiger partial charge >= 0.3 is 6.18 Å². The first kappa shape index (κ1) is 18.5. The van der Waals surface area contributed by atoms with Crippen molar-refractivity contribution in [3.8, 4) is 11.8 Å². The molecule has 1 heterocycles. The molecule has 2 aromatic rings. The molecule has 0 amide bonds. The zero-order chi connectivity index (χ0) is 18.6. The zero-order valence-corrected chi connectivity index (χ0v) is 13.6. The molecule has 0 radical (unpaired) electrons. The summed E-state index contributed by atoms with van der Waals surface area (Å²) in [5.74, 6) is -1.05. The monoisotopic (exact) mass is 348 g/mol. The molecule has 0 N–H and O–H groups in total. The predicted octanol–water partition coefficient (Wildman–Crippen LogP) is 3.84. The molecule has 0 aliphatic rings. The lowest BCUT2D eigenvalue weighted by Crippen LogP contribution is -2.16. The zero-order valence-electron chi connectivity index (χ0n) is 13.6. The number of ketones is 1. The Balaban J connectivity index is 2.20. The average Bonchev–Trinajstić information content (AvgIpc) is 2.57. The Kier molecular flexibility index (Phi) is 5.42. The summed E-state index contributed by atoms with van der Waals surface area (Å²) in [6.07, 6.45) is -3.93. The lowest BCUT2D eigenvalue weighted by molar-refractivity contribution is -0.137. The molecule has 0 aliphatic carbocycles. The van der Waals surface area contributed by atoms with Crippen LogP contribution in [-0.2, 0) is 17.4 Å². The van der Waals surface area contributed by atoms with Gasteiger partial charge in [-0.25, -0.2) is 0 Å². The normalized spacial score (nSPS) is 12.3. The SMILES string of the molecule is COc1cc(CC(=O)C(C#N)c2ccc(C(F)(F)F)cn2)ccc1C. The van der Waals surface area contributed by atoms with Gasteiger partial charge in [0, 0.05) is 12.6 Å². The van der Waals surface area contributed by atoms with Crippen LogP contribution in [-0.4, -0.2) is 17.9 Å². The fourth-order valence-corrected chi connectivity index (χ4v) is 2.32. The molecule has 0 saturated heterocycles. The van der Waals surface area contributed by atoms with Crippen molar-refractivity contribution in [3.63, 3.8) is 0 Å². The highest BCUT2D eigenvalue weighted by Gasteiger charge is 2.31. The summed E-state index contributed by atoms with van der Waals surface area (Å²) >= 11 is 0. The molecule has 1 aromatic carbocycles. The number of nitrogens with zero attached hydrogens (tertiary/aromatic N) is 2. The number of hydrogen-bond acceptors (Lipinski definition) is 4. The van der Waals surface area contributed by atoms with Crippen LogP contribution in [0.1, 0.15) is 28.3 Å². The Morgan fingerprint density at radius 2 is 2.04 bits per heavy atom. The number of aromatic nitrogens is 1. The summed E-state index contributed by atoms with van der Waals surface area (Å²) in [5, 5.41) is 9.24. The molecule has 1 atom stereocenters. The average molecular weight is 348 g/mol. The molecule has 130 valence electrons. The van der Waals surface area contributed by atoms with Gasteiger partial charge in [-0.3, -0.25) is 9.78 Å². The number of carbonyl (C=O) groups is 1. The van der Waals surface area contributed by atoms with Gasteiger partial charge in [-0.1, -0.05) is 12.1 Å². The van der Waals surface area contributed by atoms with E-state index in [9.17, 15) is 23.2 Å². The summed E-state index contributed by atoms with van der Waals surface area (Å²) in [5.41, 5.74) is 0.628. The highest BCUT2D eigenvalue weighted by Crippen LogP contribution is 2.29. The number of pyridine rings is 1. The van der Waals surface area contributed by atoms with Crippen molar-refractivity contribution in [2.75, 3.05) is 7.11 Å². The Labute approximate surface area is 142 Å². The number of ether oxygens (including phenoxy) is 1. The molecule has 2 rings (SSSR count). The van der Waals surface area contributed by atoms with Crippen LogP contribution in [0, 0.1) is 18.3 Å². The van der Waals surface area contributed by atoms with E-state index in [0.717, 1.165) is 17.7 Å². The number of benzene rings is 1. The van der Waals surface area contributed by atoms with Crippen LogP contribution >= 0.6 is 0 Å². The highest BCUT2D eigenvalue weighted by molar-refractivity contribution is 5.89. The minimum absolute atomic E-state index is 0.000392. The molecule has 25 heavy (non-hydrogen) atoms. The molecular formula is C18H15F3N2O2. The van der Waals surface area contributed by atoms with E-state index in [0.29, 0.717) is 17.5 Å². The minimum Gasteiger partial charge on any atom is -0.496 e. The van der Waals surface area contributed by atoms with Gasteiger partial charge in [-0.15, -0.1) is 0 Å². The van der Waals surface area contributed by atoms with E-state index in [2.05, 4.69) is 4.98 Å². The van der Waals surface area contributed by atoms with Gasteiger partial charge in [-0.05, 0) is 36.2 Å². The summed E-state index contributed by atoms with van der Waals surface area (Å²) in [4.78, 5) is 16.0. The number of Topliss-reactive ketones (excluding diaryl/α,β-unsaturated/α-hetero) is 1. The predicted molar refractivity (Wildman–Crippen MR) is 84.0 cm³/mol. The van der Waals surface area contributed by atoms with Crippen molar-refractivity contribution in [2.45, 2.75) is 25.4 Å². The van der Waals surface area contributed by atoms with E-state index in [-0.39, 0.29) is 12.1 Å². The number of carbonyl (C=O) groups excluding carboxylic acids is 1. The molecule has 0 bridgehead atoms. The molecule has 0 aliphatic heterocycles. The van der Waals surface area contributed by atoms with Crippen LogP contribution in [0.3, 0.4) is 0 Å². The van der Waals surface area contributed by atoms with Crippen molar-refractivity contribution in [3.05, 3.63) is 58.9 Å². The highest BCUT2D eigenvalue weighted by atomic mass is 19.4. The quantitative estimate of drug-likeness (QED) is 0.824. The Bertz CT molecular complexity index is 809. The van der Waals surface area contributed by atoms with Gasteiger partial charge in [0.05, 0.1) is 24.4 Å². The topological polar surface area (TPSA) is 63.0 Å². The van der Waals surface area contributed by atoms with Crippen LogP contribution in [0.4, 0.5) is 13.2 Å². The number of aryl methyl sites for hydroxylation is 1. The van der Waals surface area contributed by atoms with Gasteiger partial charge in [0.1, 0.15) is 11.7 Å². The van der Waals surface area contributed by atoms with E-state index in [4.69, 9.17) is 4.74 Å². The molecule has 1 aromatic heterocycles. The van der Waals surface area contributed by atoms with E-state index in [1.54, 1.807) is 18.2 Å². The molecule has 0 fully saturated rings. The smallest absolute Gasteiger partial charge is 0.417 e. The minimum atomic E-state index is -4.52. The largest absolute Gasteiger partial charge is 0.496 e. The van der Waals surface area contributed by atoms with E-state index in [1.165, 1.54) is 7.11 Å². The maximum Gasteiger partial charge on any atom is 0.417 e. The van der Waals surface area contributed by atoms with Crippen LogP contribution in [0.5, 0.6) is 5.75 Å². The van der Waals surface area contributed by atoms with Crippen LogP contribution < -0.4 is 4.74 Å². The first-order chi connectivity index (χ1) is 11.8. The second-order valence-electron chi connectivity index (χ2n) is 5.48. The van der Waals surface area contributed by atoms with Gasteiger partial charge in [-0.2, -0.15) is 18.4 Å². The van der Waals surface area contributed by atoms with Gasteiger partial charge in [0.2, 0.25) is 0 Å². The first-order valence-electron chi connectivity index (χ1n) is 7.35. The summed E-state index contributed by atoms with van der Waals surface area (Å²) in [7, 11) is 1.51. The fraction of sp³-hybridized carbons (Fsp3) is 0.278. The van der Waals surface area contributed by atoms with Crippen molar-refractivity contribution >= 4 is 5.78 Å². The summed E-state index contributed by atoms with van der Waals surface area (Å²) in [6, 6.07) is 8.91. The maximum absolute atomic E-state index is 12.6. The molecular weight excluding hydrogens is 333 g/mol. The van der Waals surface area contributed by atoms with Gasteiger partial charge < -0.3 is 4.74 Å². The molecule has 1 unspecified atom stereocenters. The van der Waals surface area contributed by atoms with Gasteiger partial charge in [0.25, 0.3) is 0 Å². The number of rotatable bonds is 5. The van der Waals surface area contributed by atoms with Crippen LogP contribution in [0.15, 0.2) is 36.5 Å². The second-order valence-corrected chi connectivity index (χ2v) is 5.48. The number of nitriles is 1. The van der Waals surface area contributed by atoms with E-state index < -0.39 is 23.4 Å². The third kappa shape index (κ3) is 4.35. The van der Waals surface area contributed by atoms with Crippen molar-refractivity contribution < 1.29 is 22.7 Å². The van der Waals surface area contributed by atoms with Gasteiger partial charge in [0.15, 0.2) is 5.78 Å². The number of hydrogen-bond donors (Lipinski definition) is 0. The Morgan fingerprint density at radius 3 is 2.56 bits per heavy atom. The molecule has 4 nitrogen and oxygen atoms in total. The fourth-order valence-electron chi connectivity index (χ4n) is 2.32.